The van der Waals surface area contributed by atoms with Gasteiger partial charge in [-0.3, -0.25) is 9.88 Å². The number of hydrogen-bond donors (Lipinski definition) is 2. The molecule has 0 bridgehead atoms. The number of fused-ring (bicyclic) bond motifs is 1. The lowest BCUT2D eigenvalue weighted by atomic mass is 9.98. The number of nitrogens with one attached hydrogen (secondary N) is 1. The Balaban J connectivity index is 1.56. The van der Waals surface area contributed by atoms with E-state index in [0.29, 0.717) is 54.2 Å². The van der Waals surface area contributed by atoms with Gasteiger partial charge in [-0.2, -0.15) is 0 Å². The molecule has 2 N–H and O–H groups in total. The second-order valence-corrected chi connectivity index (χ2v) is 8.34. The number of ether oxygens (including phenoxy) is 2. The fraction of sp³-hybridized carbons (Fsp3) is 0.565. The van der Waals surface area contributed by atoms with Crippen LogP contribution in [0.1, 0.15) is 37.3 Å². The van der Waals surface area contributed by atoms with Gasteiger partial charge >= 0.3 is 6.09 Å². The Morgan fingerprint density at radius 2 is 2.06 bits per heavy atom. The summed E-state index contributed by atoms with van der Waals surface area (Å²) >= 11 is 0. The van der Waals surface area contributed by atoms with E-state index in [1.165, 1.54) is 24.2 Å². The monoisotopic (exact) mass is 446 g/mol. The van der Waals surface area contributed by atoms with E-state index in [1.807, 2.05) is 0 Å². The Kier molecular flexibility index (Phi) is 7.26. The average Bonchev–Trinajstić information content (AvgIpc) is 2.82. The van der Waals surface area contributed by atoms with E-state index in [9.17, 15) is 14.3 Å². The van der Waals surface area contributed by atoms with Crippen LogP contribution in [0, 0.1) is 5.82 Å². The van der Waals surface area contributed by atoms with Gasteiger partial charge in [0.05, 0.1) is 31.5 Å². The van der Waals surface area contributed by atoms with Crippen LogP contribution in [0.15, 0.2) is 18.3 Å². The zero-order valence-electron chi connectivity index (χ0n) is 18.5. The second-order valence-electron chi connectivity index (χ2n) is 8.34. The summed E-state index contributed by atoms with van der Waals surface area (Å²) in [7, 11) is 1.54. The van der Waals surface area contributed by atoms with Gasteiger partial charge in [-0.25, -0.2) is 9.18 Å². The lowest BCUT2D eigenvalue weighted by Gasteiger charge is -2.35. The maximum Gasteiger partial charge on any atom is 0.407 e. The average molecular weight is 447 g/mol. The number of nitrogens with zero attached hydrogens (tertiary/aromatic N) is 3. The lowest BCUT2D eigenvalue weighted by Crippen LogP contribution is -2.48. The highest BCUT2D eigenvalue weighted by atomic mass is 19.1. The smallest absolute Gasteiger partial charge is 0.407 e. The van der Waals surface area contributed by atoms with Gasteiger partial charge in [-0.1, -0.05) is 6.42 Å². The van der Waals surface area contributed by atoms with E-state index in [-0.39, 0.29) is 0 Å². The Hall–Kier alpha value is -2.65. The summed E-state index contributed by atoms with van der Waals surface area (Å²) in [5, 5.41) is 13.3. The summed E-state index contributed by atoms with van der Waals surface area (Å²) in [6, 6.07) is 2.81. The molecule has 0 spiro atoms. The van der Waals surface area contributed by atoms with E-state index in [2.05, 4.69) is 15.2 Å². The number of rotatable bonds is 7. The van der Waals surface area contributed by atoms with Gasteiger partial charge in [0.15, 0.2) is 11.5 Å². The fourth-order valence-corrected chi connectivity index (χ4v) is 4.65. The van der Waals surface area contributed by atoms with Crippen molar-refractivity contribution in [2.45, 2.75) is 31.7 Å². The van der Waals surface area contributed by atoms with E-state index < -0.39 is 18.0 Å². The van der Waals surface area contributed by atoms with E-state index in [0.717, 1.165) is 32.3 Å². The highest BCUT2D eigenvalue weighted by molar-refractivity contribution is 5.86. The van der Waals surface area contributed by atoms with Gasteiger partial charge in [0.2, 0.25) is 0 Å². The summed E-state index contributed by atoms with van der Waals surface area (Å²) < 4.78 is 26.4. The topological polar surface area (TPSA) is 87.2 Å². The number of aromatic nitrogens is 1. The number of piperazine rings is 1. The molecule has 0 radical (unpaired) electrons. The number of halogens is 1. The van der Waals surface area contributed by atoms with Crippen LogP contribution in [0.3, 0.4) is 0 Å². The molecule has 2 saturated heterocycles. The van der Waals surface area contributed by atoms with Crippen molar-refractivity contribution in [1.82, 2.24) is 20.1 Å². The summed E-state index contributed by atoms with van der Waals surface area (Å²) in [4.78, 5) is 19.7. The van der Waals surface area contributed by atoms with Crippen LogP contribution in [0.25, 0.3) is 10.9 Å². The molecule has 2 fully saturated rings. The van der Waals surface area contributed by atoms with Gasteiger partial charge in [-0.15, -0.1) is 0 Å². The van der Waals surface area contributed by atoms with E-state index >= 15 is 0 Å². The molecule has 3 heterocycles. The van der Waals surface area contributed by atoms with Gasteiger partial charge in [0.25, 0.3) is 0 Å². The van der Waals surface area contributed by atoms with Gasteiger partial charge < -0.3 is 24.8 Å². The molecule has 2 aromatic rings. The Morgan fingerprint density at radius 1 is 1.25 bits per heavy atom. The molecular weight excluding hydrogens is 415 g/mol. The Labute approximate surface area is 187 Å². The van der Waals surface area contributed by atoms with Gasteiger partial charge in [0.1, 0.15) is 5.82 Å². The highest BCUT2D eigenvalue weighted by Gasteiger charge is 2.31. The maximum atomic E-state index is 14.9. The van der Waals surface area contributed by atoms with Crippen LogP contribution >= 0.6 is 0 Å². The number of pyridine rings is 1. The molecule has 1 unspecified atom stereocenters. The fourth-order valence-electron chi connectivity index (χ4n) is 4.65. The summed E-state index contributed by atoms with van der Waals surface area (Å²) in [5.41, 5.74) is 0.851. The van der Waals surface area contributed by atoms with E-state index in [4.69, 9.17) is 9.47 Å². The zero-order valence-corrected chi connectivity index (χ0v) is 18.5. The highest BCUT2D eigenvalue weighted by Crippen LogP contribution is 2.37. The lowest BCUT2D eigenvalue weighted by molar-refractivity contribution is 0.111. The van der Waals surface area contributed by atoms with Crippen molar-refractivity contribution in [3.63, 3.8) is 0 Å². The second kappa shape index (κ2) is 10.3. The normalized spacial score (nSPS) is 19.8. The van der Waals surface area contributed by atoms with Crippen molar-refractivity contribution in [1.29, 1.82) is 0 Å². The third kappa shape index (κ3) is 4.88. The number of likely N-dealkylation sites (tertiary alicyclic amines) is 1. The molecule has 32 heavy (non-hydrogen) atoms. The number of amides is 1. The molecule has 1 aromatic carbocycles. The summed E-state index contributed by atoms with van der Waals surface area (Å²) in [5.74, 6) is 0.505. The van der Waals surface area contributed by atoms with Crippen LogP contribution < -0.4 is 14.8 Å². The minimum absolute atomic E-state index is 0.290. The molecule has 1 atom stereocenters. The van der Waals surface area contributed by atoms with Crippen LogP contribution in [0.5, 0.6) is 11.5 Å². The quantitative estimate of drug-likeness (QED) is 0.631. The molecular formula is C23H31FN4O4. The molecule has 0 aliphatic carbocycles. The van der Waals surface area contributed by atoms with Crippen LogP contribution in [-0.4, -0.2) is 79.0 Å². The van der Waals surface area contributed by atoms with Crippen LogP contribution in [-0.2, 0) is 0 Å². The predicted octanol–water partition coefficient (Wildman–Crippen LogP) is 3.26. The first-order valence-electron chi connectivity index (χ1n) is 11.3. The standard InChI is InChI=1S/C23H31FN4O4/c1-31-20-12-16-18(13-21(20)32-11-5-9-27-7-3-2-4-8-27)26-14-17(24)22(16)19-15-25-6-10-28(19)23(29)30/h12-14,19,25H,2-11,15H2,1H3,(H,29,30). The van der Waals surface area contributed by atoms with Crippen molar-refractivity contribution in [3.05, 3.63) is 29.7 Å². The predicted molar refractivity (Wildman–Crippen MR) is 119 cm³/mol. The largest absolute Gasteiger partial charge is 0.493 e. The molecule has 2 aliphatic rings. The number of carbonyl (C=O) groups is 1. The van der Waals surface area contributed by atoms with Crippen molar-refractivity contribution in [2.24, 2.45) is 0 Å². The molecule has 2 aliphatic heterocycles. The molecule has 0 saturated carbocycles. The molecule has 8 nitrogen and oxygen atoms in total. The summed E-state index contributed by atoms with van der Waals surface area (Å²) in [6.45, 7) is 5.01. The third-order valence-electron chi connectivity index (χ3n) is 6.29. The van der Waals surface area contributed by atoms with Crippen molar-refractivity contribution >= 4 is 17.0 Å². The minimum Gasteiger partial charge on any atom is -0.493 e. The first kappa shape index (κ1) is 22.5. The van der Waals surface area contributed by atoms with E-state index in [1.54, 1.807) is 19.2 Å². The molecule has 1 aromatic heterocycles. The number of methoxy groups -OCH3 is 1. The van der Waals surface area contributed by atoms with Crippen molar-refractivity contribution < 1.29 is 23.8 Å². The molecule has 4 rings (SSSR count). The molecule has 174 valence electrons. The number of carboxylic acid groups (broad SMARTS) is 1. The number of piperidine rings is 1. The number of benzene rings is 1. The SMILES string of the molecule is COc1cc2c(C3CNCCN3C(=O)O)c(F)cnc2cc1OCCCN1CCCCC1. The van der Waals surface area contributed by atoms with Crippen molar-refractivity contribution in [3.8, 4) is 11.5 Å². The van der Waals surface area contributed by atoms with Crippen LogP contribution in [0.2, 0.25) is 0 Å². The van der Waals surface area contributed by atoms with Crippen molar-refractivity contribution in [2.75, 3.05) is 53.0 Å². The van der Waals surface area contributed by atoms with Gasteiger partial charge in [-0.05, 0) is 38.4 Å². The minimum atomic E-state index is -1.07. The zero-order chi connectivity index (χ0) is 22.5. The third-order valence-corrected chi connectivity index (χ3v) is 6.29. The number of hydrogen-bond acceptors (Lipinski definition) is 6. The van der Waals surface area contributed by atoms with Gasteiger partial charge in [0, 0.05) is 43.2 Å². The molecule has 9 heteroatoms. The Bertz CT molecular complexity index is 951. The molecule has 1 amide bonds. The Morgan fingerprint density at radius 3 is 2.81 bits per heavy atom. The first-order chi connectivity index (χ1) is 15.6. The first-order valence-corrected chi connectivity index (χ1v) is 11.3. The van der Waals surface area contributed by atoms with Crippen LogP contribution in [0.4, 0.5) is 9.18 Å². The summed E-state index contributed by atoms with van der Waals surface area (Å²) in [6.07, 6.45) is 4.84. The maximum absolute atomic E-state index is 14.9.